The molecule has 4 heterocycles. The van der Waals surface area contributed by atoms with Crippen molar-refractivity contribution in [3.05, 3.63) is 57.5 Å². The third-order valence-electron chi connectivity index (χ3n) is 5.52. The second kappa shape index (κ2) is 9.42. The Morgan fingerprint density at radius 3 is 3.06 bits per heavy atom. The van der Waals surface area contributed by atoms with Crippen molar-refractivity contribution in [1.82, 2.24) is 14.5 Å². The summed E-state index contributed by atoms with van der Waals surface area (Å²) in [4.78, 5) is 36.0. The lowest BCUT2D eigenvalue weighted by Crippen LogP contribution is -2.28. The molecule has 1 atom stereocenters. The molecule has 170 valence electrons. The zero-order chi connectivity index (χ0) is 22.9. The molecule has 7 nitrogen and oxygen atoms in total. The Bertz CT molecular complexity index is 1410. The lowest BCUT2D eigenvalue weighted by atomic mass is 10.2. The standard InChI is InChI=1S/C23H21ClN4O3S2/c1-13-6-7-14(10-17(13)24)26-18(29)12-32-23-27-19-16-5-2-8-25-21(16)33-20(19)22(30)28(23)11-15-4-3-9-31-15/h2,5-8,10,15H,3-4,9,11-12H2,1H3,(H,26,29)/t15-/m1/s1. The van der Waals surface area contributed by atoms with E-state index in [9.17, 15) is 9.59 Å². The van der Waals surface area contributed by atoms with E-state index in [0.717, 1.165) is 28.6 Å². The highest BCUT2D eigenvalue weighted by molar-refractivity contribution is 7.99. The Morgan fingerprint density at radius 1 is 1.39 bits per heavy atom. The van der Waals surface area contributed by atoms with Crippen LogP contribution in [0.25, 0.3) is 20.4 Å². The first kappa shape index (κ1) is 22.3. The molecule has 0 spiro atoms. The molecule has 1 aliphatic rings. The Kier molecular flexibility index (Phi) is 6.38. The highest BCUT2D eigenvalue weighted by Gasteiger charge is 2.22. The number of benzene rings is 1. The molecule has 10 heteroatoms. The average molecular weight is 501 g/mol. The van der Waals surface area contributed by atoms with Crippen LogP contribution in [-0.2, 0) is 16.1 Å². The number of nitrogens with zero attached hydrogens (tertiary/aromatic N) is 3. The van der Waals surface area contributed by atoms with E-state index in [-0.39, 0.29) is 23.3 Å². The van der Waals surface area contributed by atoms with Gasteiger partial charge in [-0.25, -0.2) is 9.97 Å². The zero-order valence-corrected chi connectivity index (χ0v) is 20.2. The van der Waals surface area contributed by atoms with Gasteiger partial charge in [-0.3, -0.25) is 14.2 Å². The molecule has 0 saturated carbocycles. The Balaban J connectivity index is 1.45. The molecular formula is C23H21ClN4O3S2. The van der Waals surface area contributed by atoms with Gasteiger partial charge in [0.25, 0.3) is 5.56 Å². The van der Waals surface area contributed by atoms with Crippen molar-refractivity contribution < 1.29 is 9.53 Å². The first-order valence-electron chi connectivity index (χ1n) is 10.6. The maximum atomic E-state index is 13.4. The number of halogens is 1. The largest absolute Gasteiger partial charge is 0.376 e. The van der Waals surface area contributed by atoms with Crippen molar-refractivity contribution in [3.8, 4) is 0 Å². The van der Waals surface area contributed by atoms with Crippen molar-refractivity contribution >= 4 is 66.7 Å². The van der Waals surface area contributed by atoms with E-state index < -0.39 is 0 Å². The molecule has 1 amide bonds. The van der Waals surface area contributed by atoms with Gasteiger partial charge in [-0.05, 0) is 49.6 Å². The van der Waals surface area contributed by atoms with Gasteiger partial charge in [0, 0.05) is 28.9 Å². The van der Waals surface area contributed by atoms with Crippen molar-refractivity contribution in [2.45, 2.75) is 37.6 Å². The van der Waals surface area contributed by atoms with Gasteiger partial charge in [0.2, 0.25) is 5.91 Å². The van der Waals surface area contributed by atoms with Crippen LogP contribution in [0.3, 0.4) is 0 Å². The van der Waals surface area contributed by atoms with E-state index in [1.165, 1.54) is 23.1 Å². The molecule has 1 aromatic carbocycles. The molecule has 1 aliphatic heterocycles. The summed E-state index contributed by atoms with van der Waals surface area (Å²) in [5.74, 6) is -0.0928. The van der Waals surface area contributed by atoms with Crippen LogP contribution in [0.4, 0.5) is 5.69 Å². The topological polar surface area (TPSA) is 86.1 Å². The number of aryl methyl sites for hydroxylation is 1. The number of rotatable bonds is 6. The van der Waals surface area contributed by atoms with E-state index >= 15 is 0 Å². The molecule has 0 unspecified atom stereocenters. The maximum absolute atomic E-state index is 13.4. The predicted octanol–water partition coefficient (Wildman–Crippen LogP) is 4.88. The number of carbonyl (C=O) groups excluding carboxylic acids is 1. The minimum Gasteiger partial charge on any atom is -0.376 e. The number of thiophene rings is 1. The first-order chi connectivity index (χ1) is 16.0. The molecule has 1 fully saturated rings. The molecule has 1 saturated heterocycles. The van der Waals surface area contributed by atoms with Gasteiger partial charge in [-0.15, -0.1) is 11.3 Å². The number of carbonyl (C=O) groups is 1. The number of ether oxygens (including phenoxy) is 1. The molecule has 1 N–H and O–H groups in total. The minimum atomic E-state index is -0.199. The molecule has 33 heavy (non-hydrogen) atoms. The summed E-state index contributed by atoms with van der Waals surface area (Å²) in [6.45, 7) is 3.02. The maximum Gasteiger partial charge on any atom is 0.272 e. The van der Waals surface area contributed by atoms with Crippen LogP contribution in [0.5, 0.6) is 0 Å². The van der Waals surface area contributed by atoms with Crippen molar-refractivity contribution in [1.29, 1.82) is 0 Å². The van der Waals surface area contributed by atoms with Gasteiger partial charge < -0.3 is 10.1 Å². The lowest BCUT2D eigenvalue weighted by Gasteiger charge is -2.15. The third kappa shape index (κ3) is 4.63. The monoisotopic (exact) mass is 500 g/mol. The molecule has 0 bridgehead atoms. The van der Waals surface area contributed by atoms with Gasteiger partial charge in [0.1, 0.15) is 9.53 Å². The van der Waals surface area contributed by atoms with Crippen LogP contribution in [0.1, 0.15) is 18.4 Å². The lowest BCUT2D eigenvalue weighted by molar-refractivity contribution is -0.113. The molecule has 5 rings (SSSR count). The van der Waals surface area contributed by atoms with E-state index in [1.54, 1.807) is 16.8 Å². The SMILES string of the molecule is Cc1ccc(NC(=O)CSc2nc3c(sc4ncccc43)c(=O)n2C[C@H]2CCCO2)cc1Cl. The third-order valence-corrected chi connectivity index (χ3v) is 7.99. The van der Waals surface area contributed by atoms with Gasteiger partial charge in [-0.1, -0.05) is 29.4 Å². The van der Waals surface area contributed by atoms with Crippen LogP contribution < -0.4 is 10.9 Å². The second-order valence-corrected chi connectivity index (χ2v) is 10.2. The first-order valence-corrected chi connectivity index (χ1v) is 12.8. The van der Waals surface area contributed by atoms with Crippen LogP contribution in [0, 0.1) is 6.92 Å². The normalized spacial score (nSPS) is 16.0. The number of hydrogen-bond donors (Lipinski definition) is 1. The van der Waals surface area contributed by atoms with Crippen LogP contribution in [0.2, 0.25) is 5.02 Å². The van der Waals surface area contributed by atoms with Crippen LogP contribution in [0.15, 0.2) is 46.5 Å². The highest BCUT2D eigenvalue weighted by Crippen LogP contribution is 2.31. The summed E-state index contributed by atoms with van der Waals surface area (Å²) < 4.78 is 7.99. The fourth-order valence-corrected chi connectivity index (χ4v) is 5.82. The average Bonchev–Trinajstić information content (AvgIpc) is 3.45. The number of anilines is 1. The van der Waals surface area contributed by atoms with Crippen molar-refractivity contribution in [3.63, 3.8) is 0 Å². The number of thioether (sulfide) groups is 1. The summed E-state index contributed by atoms with van der Waals surface area (Å²) in [6.07, 6.45) is 3.56. The predicted molar refractivity (Wildman–Crippen MR) is 134 cm³/mol. The Labute approximate surface area is 203 Å². The van der Waals surface area contributed by atoms with Gasteiger partial charge in [-0.2, -0.15) is 0 Å². The molecule has 0 aliphatic carbocycles. The fourth-order valence-electron chi connectivity index (χ4n) is 3.80. The summed E-state index contributed by atoms with van der Waals surface area (Å²) in [6, 6.07) is 9.14. The highest BCUT2D eigenvalue weighted by atomic mass is 35.5. The summed E-state index contributed by atoms with van der Waals surface area (Å²) in [5, 5.41) is 4.80. The van der Waals surface area contributed by atoms with Gasteiger partial charge in [0.05, 0.1) is 23.9 Å². The van der Waals surface area contributed by atoms with E-state index in [2.05, 4.69) is 10.3 Å². The number of fused-ring (bicyclic) bond motifs is 3. The van der Waals surface area contributed by atoms with Crippen LogP contribution in [-0.4, -0.2) is 38.9 Å². The number of hydrogen-bond acceptors (Lipinski definition) is 7. The number of aromatic nitrogens is 3. The van der Waals surface area contributed by atoms with Gasteiger partial charge >= 0.3 is 0 Å². The van der Waals surface area contributed by atoms with Crippen molar-refractivity contribution in [2.24, 2.45) is 0 Å². The number of amides is 1. The van der Waals surface area contributed by atoms with E-state index in [1.807, 2.05) is 31.2 Å². The fraction of sp³-hybridized carbons (Fsp3) is 0.304. The molecule has 3 aromatic heterocycles. The van der Waals surface area contributed by atoms with E-state index in [4.69, 9.17) is 21.3 Å². The molecular weight excluding hydrogens is 480 g/mol. The Morgan fingerprint density at radius 2 is 2.27 bits per heavy atom. The van der Waals surface area contributed by atoms with Crippen molar-refractivity contribution in [2.75, 3.05) is 17.7 Å². The smallest absolute Gasteiger partial charge is 0.272 e. The van der Waals surface area contributed by atoms with Crippen LogP contribution >= 0.6 is 34.7 Å². The summed E-state index contributed by atoms with van der Waals surface area (Å²) in [7, 11) is 0. The second-order valence-electron chi connectivity index (χ2n) is 7.88. The minimum absolute atomic E-state index is 0.0302. The van der Waals surface area contributed by atoms with E-state index in [0.29, 0.717) is 39.2 Å². The zero-order valence-electron chi connectivity index (χ0n) is 17.8. The molecule has 4 aromatic rings. The number of nitrogens with one attached hydrogen (secondary N) is 1. The Hall–Kier alpha value is -2.46. The number of pyridine rings is 1. The summed E-state index contributed by atoms with van der Waals surface area (Å²) in [5.41, 5.74) is 2.08. The quantitative estimate of drug-likeness (QED) is 0.300. The molecule has 0 radical (unpaired) electrons. The summed E-state index contributed by atoms with van der Waals surface area (Å²) >= 11 is 8.75. The van der Waals surface area contributed by atoms with Gasteiger partial charge in [0.15, 0.2) is 5.16 Å².